The lowest BCUT2D eigenvalue weighted by molar-refractivity contribution is 0.139. The highest BCUT2D eigenvalue weighted by atomic mass is 16.5. The van der Waals surface area contributed by atoms with Gasteiger partial charge in [-0.15, -0.1) is 0 Å². The van der Waals surface area contributed by atoms with E-state index < -0.39 is 0 Å². The first kappa shape index (κ1) is 14.9. The lowest BCUT2D eigenvalue weighted by Crippen LogP contribution is -2.49. The minimum absolute atomic E-state index is 0.177. The molecule has 0 aliphatic carbocycles. The van der Waals surface area contributed by atoms with Crippen LogP contribution in [0.3, 0.4) is 0 Å². The number of hydrogen-bond donors (Lipinski definition) is 1. The van der Waals surface area contributed by atoms with Crippen molar-refractivity contribution in [1.82, 2.24) is 10.2 Å². The second-order valence-corrected chi connectivity index (χ2v) is 5.85. The Hall–Kier alpha value is -1.55. The van der Waals surface area contributed by atoms with E-state index in [9.17, 15) is 4.79 Å². The molecule has 4 nitrogen and oxygen atoms in total. The van der Waals surface area contributed by atoms with Crippen LogP contribution in [0.25, 0.3) is 0 Å². The van der Waals surface area contributed by atoms with E-state index in [1.54, 1.807) is 0 Å². The number of aryl methyl sites for hydroxylation is 1. The first-order valence-electron chi connectivity index (χ1n) is 7.15. The molecule has 1 heterocycles. The molecule has 0 saturated carbocycles. The predicted molar refractivity (Wildman–Crippen MR) is 79.8 cm³/mol. The van der Waals surface area contributed by atoms with Gasteiger partial charge in [-0.1, -0.05) is 29.8 Å². The van der Waals surface area contributed by atoms with Crippen LogP contribution in [0.4, 0.5) is 4.79 Å². The quantitative estimate of drug-likeness (QED) is 0.920. The largest absolute Gasteiger partial charge is 0.453 e. The molecule has 0 radical (unpaired) electrons. The zero-order valence-corrected chi connectivity index (χ0v) is 12.6. The molecule has 2 rings (SSSR count). The lowest BCUT2D eigenvalue weighted by Gasteiger charge is -2.35. The highest BCUT2D eigenvalue weighted by Crippen LogP contribution is 2.20. The number of carbonyl (C=O) groups is 1. The predicted octanol–water partition coefficient (Wildman–Crippen LogP) is 2.21. The number of nitrogens with one attached hydrogen (secondary N) is 1. The van der Waals surface area contributed by atoms with Crippen LogP contribution in [0.15, 0.2) is 24.3 Å². The summed E-state index contributed by atoms with van der Waals surface area (Å²) in [7, 11) is 3.51. The van der Waals surface area contributed by atoms with E-state index in [4.69, 9.17) is 0 Å². The molecule has 0 bridgehead atoms. The van der Waals surface area contributed by atoms with Crippen molar-refractivity contribution < 1.29 is 9.53 Å². The van der Waals surface area contributed by atoms with E-state index in [0.29, 0.717) is 5.92 Å². The molecule has 1 saturated heterocycles. The van der Waals surface area contributed by atoms with Crippen LogP contribution in [-0.2, 0) is 11.2 Å². The third kappa shape index (κ3) is 4.23. The van der Waals surface area contributed by atoms with Crippen LogP contribution in [0.1, 0.15) is 17.5 Å². The second-order valence-electron chi connectivity index (χ2n) is 5.85. The number of ether oxygens (including phenoxy) is 1. The molecule has 2 atom stereocenters. The number of alkyl carbamates (subject to hydrolysis) is 1. The Kier molecular flexibility index (Phi) is 5.01. The van der Waals surface area contributed by atoms with Crippen molar-refractivity contribution in [2.45, 2.75) is 25.8 Å². The Balaban J connectivity index is 1.93. The Labute approximate surface area is 121 Å². The molecule has 1 amide bonds. The SMILES string of the molecule is COC(=O)NC1CC(Cc2ccc(C)cc2)CN(C)C1. The number of hydrogen-bond acceptors (Lipinski definition) is 3. The van der Waals surface area contributed by atoms with E-state index in [2.05, 4.69) is 53.2 Å². The fourth-order valence-electron chi connectivity index (χ4n) is 2.98. The van der Waals surface area contributed by atoms with E-state index in [1.807, 2.05) is 0 Å². The molecule has 1 aromatic carbocycles. The number of piperidine rings is 1. The number of rotatable bonds is 3. The first-order valence-corrected chi connectivity index (χ1v) is 7.15. The summed E-state index contributed by atoms with van der Waals surface area (Å²) in [5.41, 5.74) is 2.66. The summed E-state index contributed by atoms with van der Waals surface area (Å²) in [6.45, 7) is 4.07. The summed E-state index contributed by atoms with van der Waals surface area (Å²) < 4.78 is 4.69. The summed E-state index contributed by atoms with van der Waals surface area (Å²) in [6.07, 6.45) is 1.73. The molecule has 1 aliphatic rings. The summed E-state index contributed by atoms with van der Waals surface area (Å²) in [4.78, 5) is 13.6. The molecule has 110 valence electrons. The maximum Gasteiger partial charge on any atom is 0.407 e. The first-order chi connectivity index (χ1) is 9.56. The van der Waals surface area contributed by atoms with Gasteiger partial charge >= 0.3 is 6.09 Å². The van der Waals surface area contributed by atoms with Gasteiger partial charge in [0.25, 0.3) is 0 Å². The van der Waals surface area contributed by atoms with E-state index in [0.717, 1.165) is 25.9 Å². The highest BCUT2D eigenvalue weighted by molar-refractivity contribution is 5.67. The maximum absolute atomic E-state index is 11.3. The van der Waals surface area contributed by atoms with Crippen LogP contribution >= 0.6 is 0 Å². The molecule has 4 heteroatoms. The third-order valence-corrected chi connectivity index (χ3v) is 3.87. The van der Waals surface area contributed by atoms with Crippen molar-refractivity contribution in [2.75, 3.05) is 27.2 Å². The van der Waals surface area contributed by atoms with Crippen LogP contribution in [0.2, 0.25) is 0 Å². The van der Waals surface area contributed by atoms with Gasteiger partial charge in [-0.25, -0.2) is 4.79 Å². The molecule has 0 spiro atoms. The van der Waals surface area contributed by atoms with Crippen LogP contribution in [-0.4, -0.2) is 44.3 Å². The summed E-state index contributed by atoms with van der Waals surface area (Å²) in [6, 6.07) is 8.90. The van der Waals surface area contributed by atoms with Gasteiger partial charge in [-0.3, -0.25) is 0 Å². The molecule has 1 N–H and O–H groups in total. The van der Waals surface area contributed by atoms with Gasteiger partial charge < -0.3 is 15.0 Å². The molecule has 20 heavy (non-hydrogen) atoms. The topological polar surface area (TPSA) is 41.6 Å². The number of methoxy groups -OCH3 is 1. The number of amides is 1. The van der Waals surface area contributed by atoms with E-state index in [-0.39, 0.29) is 12.1 Å². The zero-order valence-electron chi connectivity index (χ0n) is 12.6. The van der Waals surface area contributed by atoms with Crippen molar-refractivity contribution >= 4 is 6.09 Å². The van der Waals surface area contributed by atoms with Crippen LogP contribution < -0.4 is 5.32 Å². The van der Waals surface area contributed by atoms with Crippen molar-refractivity contribution in [3.05, 3.63) is 35.4 Å². The van der Waals surface area contributed by atoms with E-state index >= 15 is 0 Å². The van der Waals surface area contributed by atoms with Crippen molar-refractivity contribution in [3.63, 3.8) is 0 Å². The van der Waals surface area contributed by atoms with Gasteiger partial charge in [0.2, 0.25) is 0 Å². The Morgan fingerprint density at radius 3 is 2.70 bits per heavy atom. The molecule has 1 aromatic rings. The average Bonchev–Trinajstić information content (AvgIpc) is 2.40. The molecule has 2 unspecified atom stereocenters. The van der Waals surface area contributed by atoms with Crippen LogP contribution in [0, 0.1) is 12.8 Å². The normalized spacial score (nSPS) is 23.4. The van der Waals surface area contributed by atoms with Crippen molar-refractivity contribution in [3.8, 4) is 0 Å². The van der Waals surface area contributed by atoms with Gasteiger partial charge in [0, 0.05) is 19.1 Å². The standard InChI is InChI=1S/C16H24N2O2/c1-12-4-6-13(7-5-12)8-14-9-15(11-18(2)10-14)17-16(19)20-3/h4-7,14-15H,8-11H2,1-3H3,(H,17,19). The van der Waals surface area contributed by atoms with Gasteiger partial charge in [-0.05, 0) is 38.3 Å². The lowest BCUT2D eigenvalue weighted by atomic mass is 9.89. The molecule has 1 aliphatic heterocycles. The third-order valence-electron chi connectivity index (χ3n) is 3.87. The number of nitrogens with zero attached hydrogens (tertiary/aromatic N) is 1. The maximum atomic E-state index is 11.3. The fraction of sp³-hybridized carbons (Fsp3) is 0.562. The summed E-state index contributed by atoms with van der Waals surface area (Å²) in [5, 5.41) is 2.92. The highest BCUT2D eigenvalue weighted by Gasteiger charge is 2.26. The molecule has 0 aromatic heterocycles. The van der Waals surface area contributed by atoms with Gasteiger partial charge in [0.1, 0.15) is 0 Å². The summed E-state index contributed by atoms with van der Waals surface area (Å²) >= 11 is 0. The molecular weight excluding hydrogens is 252 g/mol. The minimum Gasteiger partial charge on any atom is -0.453 e. The summed E-state index contributed by atoms with van der Waals surface area (Å²) in [5.74, 6) is 0.568. The van der Waals surface area contributed by atoms with Gasteiger partial charge in [-0.2, -0.15) is 0 Å². The number of likely N-dealkylation sites (tertiary alicyclic amines) is 1. The number of likely N-dealkylation sites (N-methyl/N-ethyl adjacent to an activating group) is 1. The monoisotopic (exact) mass is 276 g/mol. The Bertz CT molecular complexity index is 444. The smallest absolute Gasteiger partial charge is 0.407 e. The van der Waals surface area contributed by atoms with Crippen LogP contribution in [0.5, 0.6) is 0 Å². The fourth-order valence-corrected chi connectivity index (χ4v) is 2.98. The minimum atomic E-state index is -0.334. The Morgan fingerprint density at radius 1 is 1.35 bits per heavy atom. The van der Waals surface area contributed by atoms with Gasteiger partial charge in [0.05, 0.1) is 7.11 Å². The van der Waals surface area contributed by atoms with Crippen molar-refractivity contribution in [1.29, 1.82) is 0 Å². The van der Waals surface area contributed by atoms with Gasteiger partial charge in [0.15, 0.2) is 0 Å². The second kappa shape index (κ2) is 6.75. The number of carbonyl (C=O) groups excluding carboxylic acids is 1. The molecular formula is C16H24N2O2. The van der Waals surface area contributed by atoms with E-state index in [1.165, 1.54) is 18.2 Å². The number of benzene rings is 1. The zero-order chi connectivity index (χ0) is 14.5. The van der Waals surface area contributed by atoms with Crippen molar-refractivity contribution in [2.24, 2.45) is 5.92 Å². The Morgan fingerprint density at radius 2 is 2.05 bits per heavy atom. The average molecular weight is 276 g/mol. The molecule has 1 fully saturated rings.